The zero-order chi connectivity index (χ0) is 30.1. The van der Waals surface area contributed by atoms with Gasteiger partial charge in [-0.2, -0.15) is 5.26 Å². The summed E-state index contributed by atoms with van der Waals surface area (Å²) in [4.78, 5) is 30.5. The van der Waals surface area contributed by atoms with Gasteiger partial charge in [-0.25, -0.2) is 0 Å². The van der Waals surface area contributed by atoms with Crippen molar-refractivity contribution in [3.8, 4) is 22.9 Å². The van der Waals surface area contributed by atoms with Crippen LogP contribution >= 0.6 is 11.6 Å². The van der Waals surface area contributed by atoms with E-state index in [2.05, 4.69) is 26.5 Å². The van der Waals surface area contributed by atoms with Crippen LogP contribution in [-0.2, 0) is 11.4 Å². The summed E-state index contributed by atoms with van der Waals surface area (Å²) in [7, 11) is 0. The van der Waals surface area contributed by atoms with Gasteiger partial charge in [0.1, 0.15) is 11.6 Å². The number of aliphatic hydroxyl groups is 1. The van der Waals surface area contributed by atoms with Crippen LogP contribution in [0.3, 0.4) is 0 Å². The molecule has 0 saturated carbocycles. The lowest BCUT2D eigenvalue weighted by Gasteiger charge is -2.41. The van der Waals surface area contributed by atoms with Gasteiger partial charge < -0.3 is 14.9 Å². The number of para-hydroxylation sites is 1. The molecule has 5 rings (SSSR count). The fourth-order valence-electron chi connectivity index (χ4n) is 5.96. The van der Waals surface area contributed by atoms with Crippen molar-refractivity contribution in [1.82, 2.24) is 9.47 Å². The van der Waals surface area contributed by atoms with E-state index in [4.69, 9.17) is 11.6 Å². The van der Waals surface area contributed by atoms with Crippen LogP contribution in [-0.4, -0.2) is 46.2 Å². The predicted octanol–water partition coefficient (Wildman–Crippen LogP) is 6.02. The number of aromatic nitrogens is 1. The second-order valence-corrected chi connectivity index (χ2v) is 11.3. The van der Waals surface area contributed by atoms with Crippen molar-refractivity contribution in [3.05, 3.63) is 105 Å². The Bertz CT molecular complexity index is 1800. The van der Waals surface area contributed by atoms with Crippen molar-refractivity contribution < 1.29 is 9.90 Å². The van der Waals surface area contributed by atoms with E-state index >= 15 is 0 Å². The maximum absolute atomic E-state index is 14.4. The van der Waals surface area contributed by atoms with Crippen LogP contribution in [0.5, 0.6) is 0 Å². The van der Waals surface area contributed by atoms with Gasteiger partial charge in [0, 0.05) is 41.6 Å². The monoisotopic (exact) mass is 580 g/mol. The molecular formula is C34H33ClN4O3. The number of piperazine rings is 1. The first-order valence-corrected chi connectivity index (χ1v) is 14.4. The van der Waals surface area contributed by atoms with Crippen molar-refractivity contribution in [3.63, 3.8) is 0 Å². The molecule has 4 aromatic rings. The summed E-state index contributed by atoms with van der Waals surface area (Å²) in [6.45, 7) is 10.8. The fourth-order valence-corrected chi connectivity index (χ4v) is 6.22. The number of carbonyl (C=O) groups excluding carboxylic acids is 1. The number of carbonyl (C=O) groups is 1. The number of hydrogen-bond donors (Lipinski definition) is 1. The molecule has 2 heterocycles. The molecule has 1 saturated heterocycles. The number of rotatable bonds is 6. The van der Waals surface area contributed by atoms with E-state index in [0.29, 0.717) is 58.1 Å². The van der Waals surface area contributed by atoms with Crippen LogP contribution < -0.4 is 10.5 Å². The molecule has 0 aliphatic carbocycles. The first-order valence-electron chi connectivity index (χ1n) is 14.0. The van der Waals surface area contributed by atoms with Gasteiger partial charge in [0.2, 0.25) is 5.91 Å². The van der Waals surface area contributed by atoms with Crippen LogP contribution in [0.4, 0.5) is 5.69 Å². The average molecular weight is 581 g/mol. The maximum atomic E-state index is 14.4. The van der Waals surface area contributed by atoms with E-state index in [-0.39, 0.29) is 30.0 Å². The number of nitriles is 1. The summed E-state index contributed by atoms with van der Waals surface area (Å²) in [5.41, 5.74) is 4.53. The summed E-state index contributed by atoms with van der Waals surface area (Å²) in [6, 6.07) is 20.9. The lowest BCUT2D eigenvalue weighted by molar-refractivity contribution is -0.126. The molecule has 1 aliphatic rings. The van der Waals surface area contributed by atoms with E-state index in [0.717, 1.165) is 11.1 Å². The van der Waals surface area contributed by atoms with Gasteiger partial charge in [-0.05, 0) is 53.8 Å². The molecule has 0 unspecified atom stereocenters. The zero-order valence-corrected chi connectivity index (χ0v) is 24.7. The summed E-state index contributed by atoms with van der Waals surface area (Å²) >= 11 is 6.98. The third-order valence-electron chi connectivity index (χ3n) is 8.03. The van der Waals surface area contributed by atoms with Gasteiger partial charge in [-0.15, -0.1) is 0 Å². The van der Waals surface area contributed by atoms with Gasteiger partial charge in [0.25, 0.3) is 5.56 Å². The Labute approximate surface area is 250 Å². The SMILES string of the molecule is C=CC(=O)N1CCN(c2c(C#N)c(=O)n(-c3ccccc3C(C)C)c3cc(-c4ccccc4CO)c(Cl)cc23)[C@@H](C)C1. The highest BCUT2D eigenvalue weighted by Gasteiger charge is 2.31. The molecular weight excluding hydrogens is 548 g/mol. The Morgan fingerprint density at radius 3 is 2.52 bits per heavy atom. The van der Waals surface area contributed by atoms with E-state index in [1.165, 1.54) is 6.08 Å². The number of fused-ring (bicyclic) bond motifs is 1. The van der Waals surface area contributed by atoms with E-state index in [1.807, 2.05) is 72.5 Å². The molecule has 0 bridgehead atoms. The topological polar surface area (TPSA) is 89.6 Å². The summed E-state index contributed by atoms with van der Waals surface area (Å²) < 4.78 is 1.62. The predicted molar refractivity (Wildman–Crippen MR) is 168 cm³/mol. The van der Waals surface area contributed by atoms with Gasteiger partial charge in [0.15, 0.2) is 0 Å². The number of aliphatic hydroxyl groups excluding tert-OH is 1. The number of halogens is 1. The van der Waals surface area contributed by atoms with Gasteiger partial charge in [0.05, 0.1) is 23.5 Å². The Morgan fingerprint density at radius 2 is 1.86 bits per heavy atom. The Balaban J connectivity index is 1.87. The highest BCUT2D eigenvalue weighted by atomic mass is 35.5. The largest absolute Gasteiger partial charge is 0.392 e. The minimum Gasteiger partial charge on any atom is -0.392 e. The summed E-state index contributed by atoms with van der Waals surface area (Å²) in [5.74, 6) is -0.0337. The molecule has 1 amide bonds. The van der Waals surface area contributed by atoms with Gasteiger partial charge >= 0.3 is 0 Å². The highest BCUT2D eigenvalue weighted by Crippen LogP contribution is 2.40. The molecule has 8 heteroatoms. The molecule has 1 fully saturated rings. The molecule has 0 spiro atoms. The maximum Gasteiger partial charge on any atom is 0.275 e. The lowest BCUT2D eigenvalue weighted by Crippen LogP contribution is -2.54. The van der Waals surface area contributed by atoms with Gasteiger partial charge in [-0.3, -0.25) is 14.2 Å². The van der Waals surface area contributed by atoms with Crippen LogP contribution in [0.15, 0.2) is 78.1 Å². The molecule has 42 heavy (non-hydrogen) atoms. The molecule has 7 nitrogen and oxygen atoms in total. The van der Waals surface area contributed by atoms with E-state index < -0.39 is 5.56 Å². The van der Waals surface area contributed by atoms with Crippen LogP contribution in [0.25, 0.3) is 27.7 Å². The van der Waals surface area contributed by atoms with Crippen LogP contribution in [0.2, 0.25) is 5.02 Å². The van der Waals surface area contributed by atoms with E-state index in [9.17, 15) is 20.0 Å². The normalized spacial score (nSPS) is 15.2. The molecule has 3 aromatic carbocycles. The zero-order valence-electron chi connectivity index (χ0n) is 24.0. The number of anilines is 1. The first kappa shape index (κ1) is 29.1. The van der Waals surface area contributed by atoms with Crippen molar-refractivity contribution in [2.24, 2.45) is 0 Å². The van der Waals surface area contributed by atoms with Crippen molar-refractivity contribution in [1.29, 1.82) is 5.26 Å². The Kier molecular flexibility index (Phi) is 8.22. The summed E-state index contributed by atoms with van der Waals surface area (Å²) in [6.07, 6.45) is 1.30. The van der Waals surface area contributed by atoms with E-state index in [1.54, 1.807) is 9.47 Å². The number of hydrogen-bond acceptors (Lipinski definition) is 5. The Hall–Kier alpha value is -4.38. The molecule has 1 atom stereocenters. The van der Waals surface area contributed by atoms with Crippen molar-refractivity contribution >= 4 is 34.1 Å². The summed E-state index contributed by atoms with van der Waals surface area (Å²) in [5, 5.41) is 21.6. The first-order chi connectivity index (χ1) is 20.2. The minimum atomic E-state index is -0.423. The number of amides is 1. The number of benzene rings is 3. The molecule has 0 radical (unpaired) electrons. The van der Waals surface area contributed by atoms with Gasteiger partial charge in [-0.1, -0.05) is 74.5 Å². The molecule has 1 aliphatic heterocycles. The molecule has 1 aromatic heterocycles. The van der Waals surface area contributed by atoms with Crippen LogP contribution in [0.1, 0.15) is 43.4 Å². The fraction of sp³-hybridized carbons (Fsp3) is 0.265. The third-order valence-corrected chi connectivity index (χ3v) is 8.34. The second kappa shape index (κ2) is 11.8. The van der Waals surface area contributed by atoms with Crippen molar-refractivity contribution in [2.75, 3.05) is 24.5 Å². The standard InChI is InChI=1S/C34H33ClN4O3/c1-5-32(41)37-14-15-38(22(4)19-37)33-27-16-29(35)26(25-12-7-6-10-23(25)20-40)17-31(27)39(34(42)28(33)18-36)30-13-9-8-11-24(30)21(2)3/h5-13,16-17,21-22,40H,1,14-15,19-20H2,2-4H3/t22-/m0/s1. The smallest absolute Gasteiger partial charge is 0.275 e. The minimum absolute atomic E-state index is 0.0241. The molecule has 214 valence electrons. The molecule has 1 N–H and O–H groups in total. The lowest BCUT2D eigenvalue weighted by atomic mass is 9.95. The highest BCUT2D eigenvalue weighted by molar-refractivity contribution is 6.34. The van der Waals surface area contributed by atoms with Crippen LogP contribution in [0, 0.1) is 11.3 Å². The quantitative estimate of drug-likeness (QED) is 0.282. The Morgan fingerprint density at radius 1 is 1.14 bits per heavy atom. The number of nitrogens with zero attached hydrogens (tertiary/aromatic N) is 4. The average Bonchev–Trinajstić information content (AvgIpc) is 3.00. The third kappa shape index (κ3) is 4.98. The van der Waals surface area contributed by atoms with Crippen molar-refractivity contribution in [2.45, 2.75) is 39.3 Å². The number of pyridine rings is 1. The second-order valence-electron chi connectivity index (χ2n) is 10.9.